The maximum atomic E-state index is 12.2. The highest BCUT2D eigenvalue weighted by molar-refractivity contribution is 5.78. The van der Waals surface area contributed by atoms with Crippen molar-refractivity contribution in [2.24, 2.45) is 0 Å². The monoisotopic (exact) mass is 350 g/mol. The van der Waals surface area contributed by atoms with Gasteiger partial charge in [0.1, 0.15) is 11.5 Å². The van der Waals surface area contributed by atoms with Crippen LogP contribution >= 0.6 is 0 Å². The quantitative estimate of drug-likeness (QED) is 0.654. The van der Waals surface area contributed by atoms with E-state index >= 15 is 0 Å². The molecule has 0 saturated carbocycles. The zero-order valence-corrected chi connectivity index (χ0v) is 14.6. The third-order valence-electron chi connectivity index (χ3n) is 4.08. The van der Waals surface area contributed by atoms with E-state index in [4.69, 9.17) is 9.15 Å². The van der Waals surface area contributed by atoms with Crippen LogP contribution in [0.1, 0.15) is 22.9 Å². The van der Waals surface area contributed by atoms with Crippen LogP contribution in [0.5, 0.6) is 5.75 Å². The summed E-state index contributed by atoms with van der Waals surface area (Å²) in [4.78, 5) is 12.2. The maximum absolute atomic E-state index is 12.2. The molecule has 0 bridgehead atoms. The van der Waals surface area contributed by atoms with Crippen LogP contribution in [-0.2, 0) is 11.3 Å². The lowest BCUT2D eigenvalue weighted by Crippen LogP contribution is -2.35. The molecule has 26 heavy (non-hydrogen) atoms. The van der Waals surface area contributed by atoms with Crippen molar-refractivity contribution in [3.63, 3.8) is 0 Å². The molecule has 0 saturated heterocycles. The van der Waals surface area contributed by atoms with Crippen molar-refractivity contribution in [1.82, 2.24) is 10.6 Å². The first-order valence-electron chi connectivity index (χ1n) is 8.47. The standard InChI is InChI=1S/C21H22N2O3/c1-25-18-11-9-16(10-12-18)14-22-20(24)15-23-21(19-8-5-13-26-19)17-6-3-2-4-7-17/h2-13,21,23H,14-15H2,1H3,(H,22,24)/t21-/m1/s1. The van der Waals surface area contributed by atoms with Gasteiger partial charge in [0.2, 0.25) is 5.91 Å². The van der Waals surface area contributed by atoms with Crippen molar-refractivity contribution in [1.29, 1.82) is 0 Å². The molecule has 0 aliphatic rings. The van der Waals surface area contributed by atoms with Gasteiger partial charge in [0, 0.05) is 6.54 Å². The highest BCUT2D eigenvalue weighted by Gasteiger charge is 2.17. The van der Waals surface area contributed by atoms with Gasteiger partial charge in [0.15, 0.2) is 0 Å². The lowest BCUT2D eigenvalue weighted by Gasteiger charge is -2.17. The van der Waals surface area contributed by atoms with E-state index in [1.165, 1.54) is 0 Å². The van der Waals surface area contributed by atoms with Gasteiger partial charge in [0.25, 0.3) is 0 Å². The van der Waals surface area contributed by atoms with Crippen LogP contribution in [-0.4, -0.2) is 19.6 Å². The van der Waals surface area contributed by atoms with Crippen molar-refractivity contribution in [3.05, 3.63) is 89.9 Å². The first-order valence-corrected chi connectivity index (χ1v) is 8.47. The van der Waals surface area contributed by atoms with E-state index < -0.39 is 0 Å². The summed E-state index contributed by atoms with van der Waals surface area (Å²) in [5.74, 6) is 1.50. The highest BCUT2D eigenvalue weighted by atomic mass is 16.5. The summed E-state index contributed by atoms with van der Waals surface area (Å²) >= 11 is 0. The van der Waals surface area contributed by atoms with Gasteiger partial charge in [-0.3, -0.25) is 10.1 Å². The Labute approximate surface area is 153 Å². The molecule has 1 heterocycles. The van der Waals surface area contributed by atoms with Crippen LogP contribution in [0.25, 0.3) is 0 Å². The van der Waals surface area contributed by atoms with Gasteiger partial charge in [-0.25, -0.2) is 0 Å². The summed E-state index contributed by atoms with van der Waals surface area (Å²) in [6.45, 7) is 0.664. The van der Waals surface area contributed by atoms with E-state index in [0.29, 0.717) is 6.54 Å². The van der Waals surface area contributed by atoms with E-state index in [2.05, 4.69) is 10.6 Å². The van der Waals surface area contributed by atoms with Crippen molar-refractivity contribution >= 4 is 5.91 Å². The maximum Gasteiger partial charge on any atom is 0.234 e. The van der Waals surface area contributed by atoms with Gasteiger partial charge < -0.3 is 14.5 Å². The van der Waals surface area contributed by atoms with Crippen molar-refractivity contribution < 1.29 is 13.9 Å². The normalized spacial score (nSPS) is 11.7. The number of ether oxygens (including phenoxy) is 1. The largest absolute Gasteiger partial charge is 0.497 e. The molecule has 0 unspecified atom stereocenters. The summed E-state index contributed by atoms with van der Waals surface area (Å²) in [5, 5.41) is 6.18. The number of nitrogens with one attached hydrogen (secondary N) is 2. The smallest absolute Gasteiger partial charge is 0.234 e. The molecule has 2 N–H and O–H groups in total. The fourth-order valence-corrected chi connectivity index (χ4v) is 2.69. The van der Waals surface area contributed by atoms with Crippen LogP contribution in [0.2, 0.25) is 0 Å². The van der Waals surface area contributed by atoms with Gasteiger partial charge in [-0.1, -0.05) is 42.5 Å². The molecule has 1 atom stereocenters. The Morgan fingerprint density at radius 2 is 1.81 bits per heavy atom. The molecule has 3 rings (SSSR count). The molecule has 5 heteroatoms. The van der Waals surface area contributed by atoms with E-state index in [1.54, 1.807) is 13.4 Å². The Kier molecular flexibility index (Phi) is 6.06. The molecule has 1 amide bonds. The van der Waals surface area contributed by atoms with E-state index in [9.17, 15) is 4.79 Å². The van der Waals surface area contributed by atoms with Crippen LogP contribution in [0.15, 0.2) is 77.4 Å². The number of methoxy groups -OCH3 is 1. The summed E-state index contributed by atoms with van der Waals surface area (Å²) in [6.07, 6.45) is 1.64. The molecule has 0 aliphatic heterocycles. The Balaban J connectivity index is 1.55. The second-order valence-electron chi connectivity index (χ2n) is 5.86. The van der Waals surface area contributed by atoms with E-state index in [0.717, 1.165) is 22.6 Å². The number of carbonyl (C=O) groups is 1. The molecule has 134 valence electrons. The molecule has 0 fully saturated rings. The Morgan fingerprint density at radius 3 is 2.46 bits per heavy atom. The number of benzene rings is 2. The van der Waals surface area contributed by atoms with E-state index in [1.807, 2.05) is 66.7 Å². The van der Waals surface area contributed by atoms with Crippen molar-refractivity contribution in [3.8, 4) is 5.75 Å². The number of furan rings is 1. The molecular formula is C21H22N2O3. The number of hydrogen-bond donors (Lipinski definition) is 2. The number of rotatable bonds is 8. The predicted octanol–water partition coefficient (Wildman–Crippen LogP) is 3.28. The third kappa shape index (κ3) is 4.74. The molecule has 0 aliphatic carbocycles. The Hall–Kier alpha value is -3.05. The average Bonchev–Trinajstić information content (AvgIpc) is 3.22. The number of hydrogen-bond acceptors (Lipinski definition) is 4. The first-order chi connectivity index (χ1) is 12.8. The minimum Gasteiger partial charge on any atom is -0.497 e. The highest BCUT2D eigenvalue weighted by Crippen LogP contribution is 2.21. The van der Waals surface area contributed by atoms with Crippen molar-refractivity contribution in [2.75, 3.05) is 13.7 Å². The van der Waals surface area contributed by atoms with Gasteiger partial charge in [-0.05, 0) is 35.4 Å². The summed E-state index contributed by atoms with van der Waals surface area (Å²) < 4.78 is 10.7. The Bertz CT molecular complexity index is 799. The van der Waals surface area contributed by atoms with Gasteiger partial charge in [-0.2, -0.15) is 0 Å². The van der Waals surface area contributed by atoms with E-state index in [-0.39, 0.29) is 18.5 Å². The molecule has 3 aromatic rings. The third-order valence-corrected chi connectivity index (χ3v) is 4.08. The minimum atomic E-state index is -0.169. The van der Waals surface area contributed by atoms with Crippen LogP contribution in [0, 0.1) is 0 Å². The topological polar surface area (TPSA) is 63.5 Å². The van der Waals surface area contributed by atoms with Gasteiger partial charge in [-0.15, -0.1) is 0 Å². The lowest BCUT2D eigenvalue weighted by atomic mass is 10.0. The second kappa shape index (κ2) is 8.87. The molecular weight excluding hydrogens is 328 g/mol. The minimum absolute atomic E-state index is 0.0756. The lowest BCUT2D eigenvalue weighted by molar-refractivity contribution is -0.120. The first kappa shape index (κ1) is 17.8. The second-order valence-corrected chi connectivity index (χ2v) is 5.86. The van der Waals surface area contributed by atoms with Crippen LogP contribution < -0.4 is 15.4 Å². The van der Waals surface area contributed by atoms with Gasteiger partial charge >= 0.3 is 0 Å². The average molecular weight is 350 g/mol. The fraction of sp³-hybridized carbons (Fsp3) is 0.190. The summed E-state index contributed by atoms with van der Waals surface area (Å²) in [5.41, 5.74) is 2.06. The summed E-state index contributed by atoms with van der Waals surface area (Å²) in [6, 6.07) is 21.1. The molecule has 0 spiro atoms. The molecule has 5 nitrogen and oxygen atoms in total. The fourth-order valence-electron chi connectivity index (χ4n) is 2.69. The molecule has 1 aromatic heterocycles. The van der Waals surface area contributed by atoms with Crippen LogP contribution in [0.3, 0.4) is 0 Å². The predicted molar refractivity (Wildman–Crippen MR) is 99.8 cm³/mol. The number of amides is 1. The summed E-state index contributed by atoms with van der Waals surface area (Å²) in [7, 11) is 1.63. The zero-order valence-electron chi connectivity index (χ0n) is 14.6. The molecule has 2 aromatic carbocycles. The number of carbonyl (C=O) groups excluding carboxylic acids is 1. The van der Waals surface area contributed by atoms with Gasteiger partial charge in [0.05, 0.1) is 26.0 Å². The molecule has 0 radical (unpaired) electrons. The van der Waals surface area contributed by atoms with Crippen molar-refractivity contribution in [2.45, 2.75) is 12.6 Å². The Morgan fingerprint density at radius 1 is 1.04 bits per heavy atom. The zero-order chi connectivity index (χ0) is 18.2. The van der Waals surface area contributed by atoms with Crippen LogP contribution in [0.4, 0.5) is 0 Å². The SMILES string of the molecule is COc1ccc(CNC(=O)CN[C@H](c2ccccc2)c2ccco2)cc1.